The summed E-state index contributed by atoms with van der Waals surface area (Å²) in [5.74, 6) is 1.76. The Morgan fingerprint density at radius 2 is 2.14 bits per heavy atom. The Morgan fingerprint density at radius 1 is 1.29 bits per heavy atom. The van der Waals surface area contributed by atoms with E-state index in [9.17, 15) is 0 Å². The fraction of sp³-hybridized carbons (Fsp3) is 1.00. The van der Waals surface area contributed by atoms with Crippen molar-refractivity contribution in [3.05, 3.63) is 0 Å². The van der Waals surface area contributed by atoms with E-state index in [2.05, 4.69) is 11.8 Å². The summed E-state index contributed by atoms with van der Waals surface area (Å²) in [6.45, 7) is 6.24. The first-order valence-electron chi connectivity index (χ1n) is 6.27. The normalized spacial score (nSPS) is 39.4. The lowest BCUT2D eigenvalue weighted by molar-refractivity contribution is 0.258. The minimum Gasteiger partial charge on any atom is -0.327 e. The first-order valence-corrected chi connectivity index (χ1v) is 6.27. The van der Waals surface area contributed by atoms with Crippen LogP contribution in [0.5, 0.6) is 0 Å². The van der Waals surface area contributed by atoms with E-state index < -0.39 is 0 Å². The highest BCUT2D eigenvalue weighted by atomic mass is 15.1. The second kappa shape index (κ2) is 4.63. The van der Waals surface area contributed by atoms with E-state index in [4.69, 9.17) is 5.73 Å². The van der Waals surface area contributed by atoms with E-state index in [1.165, 1.54) is 51.7 Å². The molecule has 1 heterocycles. The van der Waals surface area contributed by atoms with Crippen LogP contribution in [-0.2, 0) is 0 Å². The fourth-order valence-electron chi connectivity index (χ4n) is 3.04. The van der Waals surface area contributed by atoms with E-state index in [1.54, 1.807) is 0 Å². The molecule has 2 heteroatoms. The molecule has 2 nitrogen and oxygen atoms in total. The lowest BCUT2D eigenvalue weighted by atomic mass is 10.0. The van der Waals surface area contributed by atoms with Gasteiger partial charge in [-0.1, -0.05) is 19.8 Å². The fourth-order valence-corrected chi connectivity index (χ4v) is 3.04. The van der Waals surface area contributed by atoms with Gasteiger partial charge in [-0.25, -0.2) is 0 Å². The van der Waals surface area contributed by atoms with Gasteiger partial charge in [0.2, 0.25) is 0 Å². The molecule has 1 saturated carbocycles. The van der Waals surface area contributed by atoms with Gasteiger partial charge >= 0.3 is 0 Å². The monoisotopic (exact) mass is 196 g/mol. The summed E-state index contributed by atoms with van der Waals surface area (Å²) >= 11 is 0. The molecule has 0 radical (unpaired) electrons. The van der Waals surface area contributed by atoms with E-state index in [0.29, 0.717) is 6.04 Å². The van der Waals surface area contributed by atoms with Crippen LogP contribution in [0.25, 0.3) is 0 Å². The number of hydrogen-bond donors (Lipinski definition) is 1. The van der Waals surface area contributed by atoms with Crippen molar-refractivity contribution in [2.75, 3.05) is 19.6 Å². The van der Waals surface area contributed by atoms with Crippen molar-refractivity contribution in [3.63, 3.8) is 0 Å². The SMILES string of the molecule is CCC1CCN(CC2CCCC2N)C1. The van der Waals surface area contributed by atoms with Gasteiger partial charge < -0.3 is 10.6 Å². The molecule has 2 N–H and O–H groups in total. The van der Waals surface area contributed by atoms with Crippen LogP contribution in [0.1, 0.15) is 39.0 Å². The van der Waals surface area contributed by atoms with Gasteiger partial charge in [0.25, 0.3) is 0 Å². The number of likely N-dealkylation sites (tertiary alicyclic amines) is 1. The zero-order chi connectivity index (χ0) is 9.97. The molecule has 0 amide bonds. The van der Waals surface area contributed by atoms with Crippen molar-refractivity contribution in [2.45, 2.75) is 45.1 Å². The minimum absolute atomic E-state index is 0.496. The zero-order valence-corrected chi connectivity index (χ0v) is 9.41. The molecule has 0 aromatic carbocycles. The molecular formula is C12H24N2. The summed E-state index contributed by atoms with van der Waals surface area (Å²) in [7, 11) is 0. The van der Waals surface area contributed by atoms with Gasteiger partial charge in [0.1, 0.15) is 0 Å². The first kappa shape index (κ1) is 10.4. The first-order chi connectivity index (χ1) is 6.79. The van der Waals surface area contributed by atoms with Gasteiger partial charge in [-0.2, -0.15) is 0 Å². The second-order valence-electron chi connectivity index (χ2n) is 5.18. The van der Waals surface area contributed by atoms with Crippen molar-refractivity contribution in [1.82, 2.24) is 4.90 Å². The summed E-state index contributed by atoms with van der Waals surface area (Å²) in [4.78, 5) is 2.64. The Kier molecular flexibility index (Phi) is 3.45. The van der Waals surface area contributed by atoms with E-state index in [1.807, 2.05) is 0 Å². The zero-order valence-electron chi connectivity index (χ0n) is 9.41. The van der Waals surface area contributed by atoms with Crippen LogP contribution in [0.3, 0.4) is 0 Å². The maximum atomic E-state index is 6.10. The van der Waals surface area contributed by atoms with Crippen molar-refractivity contribution in [2.24, 2.45) is 17.6 Å². The molecule has 0 bridgehead atoms. The molecule has 1 saturated heterocycles. The Hall–Kier alpha value is -0.0800. The van der Waals surface area contributed by atoms with Crippen LogP contribution in [0.2, 0.25) is 0 Å². The predicted molar refractivity (Wildman–Crippen MR) is 60.2 cm³/mol. The number of nitrogens with two attached hydrogens (primary N) is 1. The summed E-state index contributed by atoms with van der Waals surface area (Å²) < 4.78 is 0. The smallest absolute Gasteiger partial charge is 0.00793 e. The largest absolute Gasteiger partial charge is 0.327 e. The third-order valence-corrected chi connectivity index (χ3v) is 4.16. The lowest BCUT2D eigenvalue weighted by Crippen LogP contribution is -2.35. The molecule has 1 aliphatic heterocycles. The third kappa shape index (κ3) is 2.29. The topological polar surface area (TPSA) is 29.3 Å². The molecule has 0 aromatic rings. The molecule has 2 rings (SSSR count). The van der Waals surface area contributed by atoms with Crippen molar-refractivity contribution >= 4 is 0 Å². The van der Waals surface area contributed by atoms with Crippen molar-refractivity contribution < 1.29 is 0 Å². The van der Waals surface area contributed by atoms with Crippen LogP contribution in [0.4, 0.5) is 0 Å². The summed E-state index contributed by atoms with van der Waals surface area (Å²) in [6, 6.07) is 0.496. The van der Waals surface area contributed by atoms with E-state index in [0.717, 1.165) is 11.8 Å². The van der Waals surface area contributed by atoms with Gasteiger partial charge in [0, 0.05) is 19.1 Å². The molecule has 3 atom stereocenters. The quantitative estimate of drug-likeness (QED) is 0.746. The predicted octanol–water partition coefficient (Wildman–Crippen LogP) is 1.85. The highest BCUT2D eigenvalue weighted by molar-refractivity contribution is 4.85. The van der Waals surface area contributed by atoms with Crippen LogP contribution in [-0.4, -0.2) is 30.6 Å². The second-order valence-corrected chi connectivity index (χ2v) is 5.18. The summed E-state index contributed by atoms with van der Waals surface area (Å²) in [6.07, 6.45) is 6.76. The molecular weight excluding hydrogens is 172 g/mol. The van der Waals surface area contributed by atoms with E-state index >= 15 is 0 Å². The maximum absolute atomic E-state index is 6.10. The molecule has 0 aromatic heterocycles. The van der Waals surface area contributed by atoms with Gasteiger partial charge in [0.05, 0.1) is 0 Å². The van der Waals surface area contributed by atoms with E-state index in [-0.39, 0.29) is 0 Å². The maximum Gasteiger partial charge on any atom is 0.00793 e. The molecule has 3 unspecified atom stereocenters. The van der Waals surface area contributed by atoms with Gasteiger partial charge in [-0.05, 0) is 37.6 Å². The van der Waals surface area contributed by atoms with Gasteiger partial charge in [0.15, 0.2) is 0 Å². The van der Waals surface area contributed by atoms with Crippen LogP contribution >= 0.6 is 0 Å². The Balaban J connectivity index is 1.75. The number of rotatable bonds is 3. The number of hydrogen-bond acceptors (Lipinski definition) is 2. The molecule has 14 heavy (non-hydrogen) atoms. The molecule has 2 aliphatic rings. The van der Waals surface area contributed by atoms with Crippen molar-refractivity contribution in [3.8, 4) is 0 Å². The Bertz CT molecular complexity index is 181. The van der Waals surface area contributed by atoms with Gasteiger partial charge in [-0.3, -0.25) is 0 Å². The highest BCUT2D eigenvalue weighted by Gasteiger charge is 2.28. The summed E-state index contributed by atoms with van der Waals surface area (Å²) in [5.41, 5.74) is 6.10. The van der Waals surface area contributed by atoms with Crippen LogP contribution < -0.4 is 5.73 Å². The molecule has 2 fully saturated rings. The minimum atomic E-state index is 0.496. The lowest BCUT2D eigenvalue weighted by Gasteiger charge is -2.23. The highest BCUT2D eigenvalue weighted by Crippen LogP contribution is 2.27. The molecule has 82 valence electrons. The van der Waals surface area contributed by atoms with Crippen LogP contribution in [0.15, 0.2) is 0 Å². The summed E-state index contributed by atoms with van der Waals surface area (Å²) in [5, 5.41) is 0. The molecule has 0 spiro atoms. The number of nitrogens with zero attached hydrogens (tertiary/aromatic N) is 1. The Labute approximate surface area is 87.8 Å². The van der Waals surface area contributed by atoms with Gasteiger partial charge in [-0.15, -0.1) is 0 Å². The standard InChI is InChI=1S/C12H24N2/c1-2-10-6-7-14(8-10)9-11-4-3-5-12(11)13/h10-12H,2-9,13H2,1H3. The average molecular weight is 196 g/mol. The van der Waals surface area contributed by atoms with Crippen LogP contribution in [0, 0.1) is 11.8 Å². The Morgan fingerprint density at radius 3 is 2.71 bits per heavy atom. The average Bonchev–Trinajstić information content (AvgIpc) is 2.77. The van der Waals surface area contributed by atoms with Crippen molar-refractivity contribution in [1.29, 1.82) is 0 Å². The third-order valence-electron chi connectivity index (χ3n) is 4.16. The molecule has 1 aliphatic carbocycles.